The summed E-state index contributed by atoms with van der Waals surface area (Å²) in [7, 11) is 0. The number of benzene rings is 1. The second-order valence-electron chi connectivity index (χ2n) is 4.92. The number of rotatable bonds is 4. The van der Waals surface area contributed by atoms with Crippen LogP contribution in [-0.2, 0) is 6.54 Å². The van der Waals surface area contributed by atoms with Gasteiger partial charge in [0.15, 0.2) is 0 Å². The number of primary amides is 1. The van der Waals surface area contributed by atoms with Crippen molar-refractivity contribution in [1.82, 2.24) is 5.32 Å². The Morgan fingerprint density at radius 2 is 2.18 bits per heavy atom. The molecule has 0 aliphatic heterocycles. The lowest BCUT2D eigenvalue weighted by Crippen LogP contribution is -2.31. The zero-order valence-corrected chi connectivity index (χ0v) is 10.3. The summed E-state index contributed by atoms with van der Waals surface area (Å²) >= 11 is 0. The molecule has 1 aliphatic rings. The van der Waals surface area contributed by atoms with Gasteiger partial charge in [0.2, 0.25) is 5.91 Å². The zero-order chi connectivity index (χ0) is 12.3. The molecule has 1 fully saturated rings. The number of hydrogen-bond acceptors (Lipinski definition) is 2. The summed E-state index contributed by atoms with van der Waals surface area (Å²) in [5.41, 5.74) is 6.99. The Kier molecular flexibility index (Phi) is 3.79. The molecular weight excluding hydrogens is 212 g/mol. The molecule has 0 aromatic heterocycles. The lowest BCUT2D eigenvalue weighted by atomic mass is 10.0. The molecule has 0 heterocycles. The van der Waals surface area contributed by atoms with E-state index < -0.39 is 0 Å². The van der Waals surface area contributed by atoms with Crippen molar-refractivity contribution in [1.29, 1.82) is 0 Å². The molecule has 2 unspecified atom stereocenters. The highest BCUT2D eigenvalue weighted by Crippen LogP contribution is 2.25. The van der Waals surface area contributed by atoms with Crippen LogP contribution < -0.4 is 11.1 Å². The minimum absolute atomic E-state index is 0.345. The molecule has 1 aromatic rings. The first-order chi connectivity index (χ1) is 8.18. The third-order valence-corrected chi connectivity index (χ3v) is 3.70. The predicted octanol–water partition coefficient (Wildman–Crippen LogP) is 2.06. The van der Waals surface area contributed by atoms with Gasteiger partial charge in [-0.05, 0) is 30.4 Å². The fourth-order valence-corrected chi connectivity index (χ4v) is 2.60. The van der Waals surface area contributed by atoms with Crippen LogP contribution in [0.5, 0.6) is 0 Å². The van der Waals surface area contributed by atoms with Crippen molar-refractivity contribution in [3.05, 3.63) is 35.4 Å². The molecule has 1 saturated carbocycles. The maximum atomic E-state index is 11.3. The molecule has 0 spiro atoms. The molecule has 0 radical (unpaired) electrons. The summed E-state index contributed by atoms with van der Waals surface area (Å²) in [5, 5.41) is 3.54. The number of carbonyl (C=O) groups is 1. The molecule has 92 valence electrons. The summed E-state index contributed by atoms with van der Waals surface area (Å²) in [5.74, 6) is 0.387. The highest BCUT2D eigenvalue weighted by atomic mass is 16.1. The van der Waals surface area contributed by atoms with Crippen LogP contribution in [-0.4, -0.2) is 11.9 Å². The van der Waals surface area contributed by atoms with E-state index in [0.29, 0.717) is 11.6 Å². The first-order valence-electron chi connectivity index (χ1n) is 6.29. The summed E-state index contributed by atoms with van der Waals surface area (Å²) in [6.45, 7) is 3.01. The fourth-order valence-electron chi connectivity index (χ4n) is 2.60. The van der Waals surface area contributed by atoms with Gasteiger partial charge in [-0.2, -0.15) is 0 Å². The van der Waals surface area contributed by atoms with Crippen LogP contribution in [0.25, 0.3) is 0 Å². The summed E-state index contributed by atoms with van der Waals surface area (Å²) in [4.78, 5) is 11.3. The topological polar surface area (TPSA) is 55.1 Å². The van der Waals surface area contributed by atoms with E-state index in [1.165, 1.54) is 19.3 Å². The van der Waals surface area contributed by atoms with Crippen molar-refractivity contribution < 1.29 is 4.79 Å². The quantitative estimate of drug-likeness (QED) is 0.835. The Bertz CT molecular complexity index is 403. The van der Waals surface area contributed by atoms with E-state index in [1.807, 2.05) is 18.2 Å². The molecule has 2 rings (SSSR count). The number of carbonyl (C=O) groups excluding carboxylic acids is 1. The molecular formula is C14H20N2O. The normalized spacial score (nSPS) is 23.8. The van der Waals surface area contributed by atoms with Crippen LogP contribution >= 0.6 is 0 Å². The average Bonchev–Trinajstić information content (AvgIpc) is 2.72. The van der Waals surface area contributed by atoms with Gasteiger partial charge in [-0.15, -0.1) is 0 Å². The Hall–Kier alpha value is -1.35. The van der Waals surface area contributed by atoms with Crippen LogP contribution in [0.2, 0.25) is 0 Å². The van der Waals surface area contributed by atoms with Crippen molar-refractivity contribution in [2.45, 2.75) is 38.8 Å². The first kappa shape index (κ1) is 12.1. The van der Waals surface area contributed by atoms with E-state index in [0.717, 1.165) is 18.0 Å². The van der Waals surface area contributed by atoms with E-state index in [9.17, 15) is 4.79 Å². The standard InChI is InChI=1S/C14H20N2O/c1-10-5-4-8-13(10)16-9-11-6-2-3-7-12(11)14(15)17/h2-3,6-7,10,13,16H,4-5,8-9H2,1H3,(H2,15,17). The van der Waals surface area contributed by atoms with E-state index >= 15 is 0 Å². The van der Waals surface area contributed by atoms with Crippen LogP contribution in [0.3, 0.4) is 0 Å². The molecule has 3 heteroatoms. The van der Waals surface area contributed by atoms with Gasteiger partial charge in [-0.3, -0.25) is 4.79 Å². The molecule has 0 bridgehead atoms. The highest BCUT2D eigenvalue weighted by Gasteiger charge is 2.22. The van der Waals surface area contributed by atoms with E-state index in [2.05, 4.69) is 12.2 Å². The molecule has 17 heavy (non-hydrogen) atoms. The van der Waals surface area contributed by atoms with Gasteiger partial charge in [0.1, 0.15) is 0 Å². The summed E-state index contributed by atoms with van der Waals surface area (Å²) in [6.07, 6.45) is 3.84. The Labute approximate surface area is 102 Å². The second-order valence-corrected chi connectivity index (χ2v) is 4.92. The largest absolute Gasteiger partial charge is 0.366 e. The molecule has 1 aromatic carbocycles. The van der Waals surface area contributed by atoms with Crippen molar-refractivity contribution in [3.8, 4) is 0 Å². The van der Waals surface area contributed by atoms with E-state index in [4.69, 9.17) is 5.73 Å². The zero-order valence-electron chi connectivity index (χ0n) is 10.3. The Balaban J connectivity index is 2.01. The van der Waals surface area contributed by atoms with E-state index in [1.54, 1.807) is 6.07 Å². The maximum Gasteiger partial charge on any atom is 0.249 e. The molecule has 3 N–H and O–H groups in total. The van der Waals surface area contributed by atoms with Crippen LogP contribution in [0.15, 0.2) is 24.3 Å². The average molecular weight is 232 g/mol. The number of nitrogens with one attached hydrogen (secondary N) is 1. The van der Waals surface area contributed by atoms with Gasteiger partial charge in [0.25, 0.3) is 0 Å². The van der Waals surface area contributed by atoms with Crippen LogP contribution in [0.4, 0.5) is 0 Å². The lowest BCUT2D eigenvalue weighted by Gasteiger charge is -2.18. The lowest BCUT2D eigenvalue weighted by molar-refractivity contribution is 0.0999. The summed E-state index contributed by atoms with van der Waals surface area (Å²) < 4.78 is 0. The van der Waals surface area contributed by atoms with Crippen LogP contribution in [0, 0.1) is 5.92 Å². The molecule has 1 amide bonds. The fraction of sp³-hybridized carbons (Fsp3) is 0.500. The molecule has 1 aliphatic carbocycles. The minimum Gasteiger partial charge on any atom is -0.366 e. The SMILES string of the molecule is CC1CCCC1NCc1ccccc1C(N)=O. The smallest absolute Gasteiger partial charge is 0.249 e. The van der Waals surface area contributed by atoms with Gasteiger partial charge >= 0.3 is 0 Å². The Morgan fingerprint density at radius 1 is 1.41 bits per heavy atom. The van der Waals surface area contributed by atoms with Gasteiger partial charge in [0.05, 0.1) is 0 Å². The van der Waals surface area contributed by atoms with Gasteiger partial charge in [-0.1, -0.05) is 31.5 Å². The molecule has 3 nitrogen and oxygen atoms in total. The highest BCUT2D eigenvalue weighted by molar-refractivity contribution is 5.94. The van der Waals surface area contributed by atoms with Crippen molar-refractivity contribution in [2.24, 2.45) is 11.7 Å². The van der Waals surface area contributed by atoms with Gasteiger partial charge < -0.3 is 11.1 Å². The van der Waals surface area contributed by atoms with Crippen molar-refractivity contribution in [3.63, 3.8) is 0 Å². The molecule has 2 atom stereocenters. The van der Waals surface area contributed by atoms with Crippen molar-refractivity contribution >= 4 is 5.91 Å². The maximum absolute atomic E-state index is 11.3. The minimum atomic E-state index is -0.345. The monoisotopic (exact) mass is 232 g/mol. The Morgan fingerprint density at radius 3 is 2.82 bits per heavy atom. The van der Waals surface area contributed by atoms with Gasteiger partial charge in [0, 0.05) is 18.2 Å². The van der Waals surface area contributed by atoms with Crippen molar-refractivity contribution in [2.75, 3.05) is 0 Å². The number of amides is 1. The predicted molar refractivity (Wildman–Crippen MR) is 68.6 cm³/mol. The van der Waals surface area contributed by atoms with Gasteiger partial charge in [-0.25, -0.2) is 0 Å². The third-order valence-electron chi connectivity index (χ3n) is 3.70. The third kappa shape index (κ3) is 2.86. The van der Waals surface area contributed by atoms with Crippen LogP contribution in [0.1, 0.15) is 42.1 Å². The first-order valence-corrected chi connectivity index (χ1v) is 6.29. The van der Waals surface area contributed by atoms with E-state index in [-0.39, 0.29) is 5.91 Å². The number of nitrogens with two attached hydrogens (primary N) is 1. The second kappa shape index (κ2) is 5.32. The number of hydrogen-bond donors (Lipinski definition) is 2. The summed E-state index contributed by atoms with van der Waals surface area (Å²) in [6, 6.07) is 8.13. The molecule has 0 saturated heterocycles.